The fraction of sp³-hybridized carbons (Fsp3) is 0.615. The Morgan fingerprint density at radius 2 is 2.33 bits per heavy atom. The summed E-state index contributed by atoms with van der Waals surface area (Å²) in [5.41, 5.74) is -0.656. The van der Waals surface area contributed by atoms with Gasteiger partial charge in [0.05, 0.1) is 5.60 Å². The van der Waals surface area contributed by atoms with E-state index in [0.717, 1.165) is 19.3 Å². The number of hydrogen-bond donors (Lipinski definition) is 3. The second kappa shape index (κ2) is 5.71. The minimum Gasteiger partial charge on any atom is -0.388 e. The summed E-state index contributed by atoms with van der Waals surface area (Å²) in [4.78, 5) is 12.8. The Labute approximate surface area is 111 Å². The van der Waals surface area contributed by atoms with Crippen LogP contribution in [0.2, 0.25) is 0 Å². The summed E-state index contributed by atoms with van der Waals surface area (Å²) in [6.07, 6.45) is 2.63. The lowest BCUT2D eigenvalue weighted by Gasteiger charge is -2.36. The summed E-state index contributed by atoms with van der Waals surface area (Å²) in [6, 6.07) is 3.90. The molecule has 100 valence electrons. The van der Waals surface area contributed by atoms with Crippen molar-refractivity contribution in [1.29, 1.82) is 0 Å². The van der Waals surface area contributed by atoms with Crippen LogP contribution in [0.25, 0.3) is 0 Å². The highest BCUT2D eigenvalue weighted by molar-refractivity contribution is 7.10. The van der Waals surface area contributed by atoms with Crippen LogP contribution in [-0.2, 0) is 0 Å². The first-order chi connectivity index (χ1) is 8.59. The predicted molar refractivity (Wildman–Crippen MR) is 72.9 cm³/mol. The van der Waals surface area contributed by atoms with Crippen molar-refractivity contribution >= 4 is 17.4 Å². The van der Waals surface area contributed by atoms with Gasteiger partial charge in [-0.25, -0.2) is 4.79 Å². The van der Waals surface area contributed by atoms with Crippen LogP contribution < -0.4 is 10.6 Å². The molecule has 0 aliphatic heterocycles. The molecule has 1 aromatic rings. The van der Waals surface area contributed by atoms with E-state index in [9.17, 15) is 9.90 Å². The average Bonchev–Trinajstić information content (AvgIpc) is 2.84. The molecule has 1 fully saturated rings. The molecule has 1 aromatic heterocycles. The topological polar surface area (TPSA) is 61.4 Å². The van der Waals surface area contributed by atoms with Crippen molar-refractivity contribution in [2.24, 2.45) is 0 Å². The third kappa shape index (κ3) is 3.46. The lowest BCUT2D eigenvalue weighted by Crippen LogP contribution is -2.50. The predicted octanol–water partition coefficient (Wildman–Crippen LogP) is 2.07. The summed E-state index contributed by atoms with van der Waals surface area (Å²) >= 11 is 1.70. The van der Waals surface area contributed by atoms with Crippen LogP contribution in [0.4, 0.5) is 4.79 Å². The fourth-order valence-electron chi connectivity index (χ4n) is 1.99. The highest BCUT2D eigenvalue weighted by Crippen LogP contribution is 2.30. The van der Waals surface area contributed by atoms with Gasteiger partial charge in [0, 0.05) is 23.9 Å². The monoisotopic (exact) mass is 268 g/mol. The molecule has 3 N–H and O–H groups in total. The maximum atomic E-state index is 11.6. The largest absolute Gasteiger partial charge is 0.388 e. The maximum absolute atomic E-state index is 11.6. The molecular formula is C13H20N2O2S. The van der Waals surface area contributed by atoms with Gasteiger partial charge in [-0.3, -0.25) is 0 Å². The summed E-state index contributed by atoms with van der Waals surface area (Å²) in [7, 11) is 0. The normalized spacial score (nSPS) is 18.8. The zero-order valence-electron chi connectivity index (χ0n) is 10.6. The Morgan fingerprint density at radius 3 is 2.89 bits per heavy atom. The first-order valence-corrected chi connectivity index (χ1v) is 7.24. The molecule has 1 unspecified atom stereocenters. The molecule has 5 heteroatoms. The lowest BCUT2D eigenvalue weighted by atomic mass is 9.80. The second-order valence-electron chi connectivity index (χ2n) is 5.06. The average molecular weight is 268 g/mol. The van der Waals surface area contributed by atoms with Crippen molar-refractivity contribution in [2.45, 2.75) is 37.7 Å². The maximum Gasteiger partial charge on any atom is 0.314 e. The number of carbonyl (C=O) groups is 1. The van der Waals surface area contributed by atoms with Gasteiger partial charge in [-0.2, -0.15) is 0 Å². The molecule has 0 radical (unpaired) electrons. The van der Waals surface area contributed by atoms with E-state index in [1.54, 1.807) is 11.3 Å². The number of nitrogens with one attached hydrogen (secondary N) is 2. The number of aliphatic hydroxyl groups is 1. The van der Waals surface area contributed by atoms with Gasteiger partial charge in [-0.05, 0) is 30.7 Å². The van der Waals surface area contributed by atoms with Crippen LogP contribution in [0.5, 0.6) is 0 Å². The van der Waals surface area contributed by atoms with E-state index < -0.39 is 5.60 Å². The minimum absolute atomic E-state index is 0.196. The van der Waals surface area contributed by atoms with Gasteiger partial charge in [0.25, 0.3) is 0 Å². The molecule has 4 nitrogen and oxygen atoms in total. The van der Waals surface area contributed by atoms with Gasteiger partial charge in [0.1, 0.15) is 0 Å². The molecule has 1 aliphatic carbocycles. The van der Waals surface area contributed by atoms with Gasteiger partial charge in [-0.1, -0.05) is 13.0 Å². The third-order valence-corrected chi connectivity index (χ3v) is 4.56. The van der Waals surface area contributed by atoms with E-state index >= 15 is 0 Å². The molecule has 1 atom stereocenters. The SMILES string of the molecule is CC(CNC(=O)NCC1(O)CCC1)c1cccs1. The van der Waals surface area contributed by atoms with Gasteiger partial charge < -0.3 is 15.7 Å². The highest BCUT2D eigenvalue weighted by Gasteiger charge is 2.34. The van der Waals surface area contributed by atoms with Crippen LogP contribution in [0, 0.1) is 0 Å². The zero-order valence-corrected chi connectivity index (χ0v) is 11.4. The highest BCUT2D eigenvalue weighted by atomic mass is 32.1. The number of rotatable bonds is 5. The molecule has 1 aliphatic rings. The molecule has 18 heavy (non-hydrogen) atoms. The molecule has 0 spiro atoms. The molecular weight excluding hydrogens is 248 g/mol. The van der Waals surface area contributed by atoms with Crippen LogP contribution in [0.1, 0.15) is 37.0 Å². The Bertz CT molecular complexity index is 388. The fourth-order valence-corrected chi connectivity index (χ4v) is 2.77. The Morgan fingerprint density at radius 1 is 1.56 bits per heavy atom. The third-order valence-electron chi connectivity index (χ3n) is 3.46. The first kappa shape index (κ1) is 13.4. The number of urea groups is 1. The summed E-state index contributed by atoms with van der Waals surface area (Å²) in [6.45, 7) is 3.06. The van der Waals surface area contributed by atoms with Gasteiger partial charge >= 0.3 is 6.03 Å². The number of thiophene rings is 1. The molecule has 0 saturated heterocycles. The minimum atomic E-state index is -0.656. The summed E-state index contributed by atoms with van der Waals surface area (Å²) in [5, 5.41) is 17.5. The molecule has 2 rings (SSSR count). The van der Waals surface area contributed by atoms with Crippen molar-refractivity contribution in [3.63, 3.8) is 0 Å². The van der Waals surface area contributed by atoms with Crippen molar-refractivity contribution in [2.75, 3.05) is 13.1 Å². The lowest BCUT2D eigenvalue weighted by molar-refractivity contribution is -0.0290. The van der Waals surface area contributed by atoms with E-state index in [-0.39, 0.29) is 6.03 Å². The summed E-state index contributed by atoms with van der Waals surface area (Å²) in [5.74, 6) is 0.322. The molecule has 1 heterocycles. The number of hydrogen-bond acceptors (Lipinski definition) is 3. The van der Waals surface area contributed by atoms with Crippen molar-refractivity contribution in [3.05, 3.63) is 22.4 Å². The second-order valence-corrected chi connectivity index (χ2v) is 6.04. The van der Waals surface area contributed by atoms with E-state index in [4.69, 9.17) is 0 Å². The standard InChI is InChI=1S/C13H20N2O2S/c1-10(11-4-2-7-18-11)8-14-12(16)15-9-13(17)5-3-6-13/h2,4,7,10,17H,3,5-6,8-9H2,1H3,(H2,14,15,16). The molecule has 0 bridgehead atoms. The summed E-state index contributed by atoms with van der Waals surface area (Å²) < 4.78 is 0. The Balaban J connectivity index is 1.65. The van der Waals surface area contributed by atoms with Gasteiger partial charge in [0.15, 0.2) is 0 Å². The van der Waals surface area contributed by atoms with Crippen LogP contribution in [-0.4, -0.2) is 29.8 Å². The van der Waals surface area contributed by atoms with Crippen LogP contribution in [0.15, 0.2) is 17.5 Å². The van der Waals surface area contributed by atoms with E-state index in [1.807, 2.05) is 11.4 Å². The Hall–Kier alpha value is -1.07. The molecule has 1 saturated carbocycles. The number of carbonyl (C=O) groups excluding carboxylic acids is 1. The van der Waals surface area contributed by atoms with Crippen molar-refractivity contribution in [3.8, 4) is 0 Å². The van der Waals surface area contributed by atoms with E-state index in [1.165, 1.54) is 4.88 Å². The van der Waals surface area contributed by atoms with Gasteiger partial charge in [0.2, 0.25) is 0 Å². The van der Waals surface area contributed by atoms with E-state index in [0.29, 0.717) is 19.0 Å². The Kier molecular flexibility index (Phi) is 4.24. The quantitative estimate of drug-likeness (QED) is 0.765. The number of amides is 2. The zero-order chi connectivity index (χ0) is 13.0. The smallest absolute Gasteiger partial charge is 0.314 e. The van der Waals surface area contributed by atoms with E-state index in [2.05, 4.69) is 23.6 Å². The van der Waals surface area contributed by atoms with Crippen LogP contribution in [0.3, 0.4) is 0 Å². The molecule has 2 amide bonds. The van der Waals surface area contributed by atoms with Crippen molar-refractivity contribution in [1.82, 2.24) is 10.6 Å². The molecule has 0 aromatic carbocycles. The van der Waals surface area contributed by atoms with Crippen LogP contribution >= 0.6 is 11.3 Å². The first-order valence-electron chi connectivity index (χ1n) is 6.36. The van der Waals surface area contributed by atoms with Crippen molar-refractivity contribution < 1.29 is 9.90 Å². The van der Waals surface area contributed by atoms with Gasteiger partial charge in [-0.15, -0.1) is 11.3 Å².